The predicted octanol–water partition coefficient (Wildman–Crippen LogP) is 2.07. The quantitative estimate of drug-likeness (QED) is 0.726. The lowest BCUT2D eigenvalue weighted by atomic mass is 9.94. The molecule has 1 aromatic rings. The summed E-state index contributed by atoms with van der Waals surface area (Å²) in [5.41, 5.74) is -0.0467. The molecule has 1 fully saturated rings. The van der Waals surface area contributed by atoms with Gasteiger partial charge in [-0.15, -0.1) is 0 Å². The summed E-state index contributed by atoms with van der Waals surface area (Å²) in [6.45, 7) is 5.02. The Morgan fingerprint density at radius 1 is 1.71 bits per heavy atom. The monoisotopic (exact) mass is 213 g/mol. The first-order chi connectivity index (χ1) is 6.58. The number of ether oxygens (including phenoxy) is 1. The topological polar surface area (TPSA) is 42.8 Å². The Hall–Kier alpha value is -0.680. The maximum atomic E-state index is 5.66. The van der Waals surface area contributed by atoms with E-state index in [9.17, 15) is 0 Å². The molecule has 78 valence electrons. The van der Waals surface area contributed by atoms with Gasteiger partial charge in [-0.1, -0.05) is 0 Å². The highest BCUT2D eigenvalue weighted by Gasteiger charge is 2.29. The molecule has 14 heavy (non-hydrogen) atoms. The largest absolute Gasteiger partial charge is 0.375 e. The van der Waals surface area contributed by atoms with Crippen molar-refractivity contribution in [2.45, 2.75) is 38.3 Å². The van der Waals surface area contributed by atoms with Gasteiger partial charge in [0.2, 0.25) is 0 Å². The first-order valence-corrected chi connectivity index (χ1v) is 5.25. The molecule has 1 saturated heterocycles. The van der Waals surface area contributed by atoms with Crippen LogP contribution in [0.25, 0.3) is 0 Å². The average molecular weight is 213 g/mol. The summed E-state index contributed by atoms with van der Waals surface area (Å²) in [7, 11) is 0. The molecule has 0 amide bonds. The molecule has 0 spiro atoms. The van der Waals surface area contributed by atoms with Gasteiger partial charge in [-0.25, -0.2) is 0 Å². The van der Waals surface area contributed by atoms with Gasteiger partial charge in [0.25, 0.3) is 0 Å². The number of aromatic nitrogens is 3. The molecule has 1 aliphatic rings. The molecule has 1 N–H and O–H groups in total. The maximum Gasteiger partial charge on any atom is 0.195 e. The van der Waals surface area contributed by atoms with Crippen LogP contribution in [0.5, 0.6) is 0 Å². The minimum absolute atomic E-state index is 0.0467. The van der Waals surface area contributed by atoms with Gasteiger partial charge < -0.3 is 9.30 Å². The Labute approximate surface area is 88.3 Å². The van der Waals surface area contributed by atoms with Gasteiger partial charge in [0.15, 0.2) is 4.77 Å². The number of hydrogen-bond donors (Lipinski definition) is 1. The van der Waals surface area contributed by atoms with E-state index < -0.39 is 0 Å². The molecule has 1 aliphatic heterocycles. The van der Waals surface area contributed by atoms with Gasteiger partial charge in [0.05, 0.1) is 5.60 Å². The Balaban J connectivity index is 2.20. The summed E-state index contributed by atoms with van der Waals surface area (Å²) in [5.74, 6) is 0. The number of aromatic amines is 1. The second-order valence-corrected chi connectivity index (χ2v) is 4.71. The molecule has 0 bridgehead atoms. The fraction of sp³-hybridized carbons (Fsp3) is 0.778. The Morgan fingerprint density at radius 2 is 2.50 bits per heavy atom. The molecule has 0 aliphatic carbocycles. The highest BCUT2D eigenvalue weighted by molar-refractivity contribution is 7.71. The molecule has 0 aromatic carbocycles. The van der Waals surface area contributed by atoms with Crippen LogP contribution in [-0.4, -0.2) is 27.0 Å². The van der Waals surface area contributed by atoms with Crippen molar-refractivity contribution in [2.75, 3.05) is 6.61 Å². The average Bonchev–Trinajstić information content (AvgIpc) is 2.49. The number of rotatable bonds is 1. The first kappa shape index (κ1) is 9.86. The van der Waals surface area contributed by atoms with Crippen LogP contribution < -0.4 is 0 Å². The standard InChI is InChI=1S/C9H15N3OS/c1-9(2)5-7(3-4-13-9)12-6-10-11-8(12)14/h6-7H,3-5H2,1-2H3,(H,11,14). The van der Waals surface area contributed by atoms with Gasteiger partial charge in [0, 0.05) is 12.6 Å². The van der Waals surface area contributed by atoms with Crippen LogP contribution in [-0.2, 0) is 4.74 Å². The minimum atomic E-state index is -0.0467. The second-order valence-electron chi connectivity index (χ2n) is 4.32. The molecule has 0 radical (unpaired) electrons. The zero-order chi connectivity index (χ0) is 10.2. The Morgan fingerprint density at radius 3 is 3.07 bits per heavy atom. The molecular weight excluding hydrogens is 198 g/mol. The van der Waals surface area contributed by atoms with Crippen molar-refractivity contribution in [2.24, 2.45) is 0 Å². The van der Waals surface area contributed by atoms with Crippen LogP contribution in [0, 0.1) is 4.77 Å². The third-order valence-corrected chi connectivity index (χ3v) is 2.94. The molecule has 0 saturated carbocycles. The second kappa shape index (κ2) is 3.47. The summed E-state index contributed by atoms with van der Waals surface area (Å²) in [4.78, 5) is 0. The third kappa shape index (κ3) is 1.88. The SMILES string of the molecule is CC1(C)CC(n2cn[nH]c2=S)CCO1. The van der Waals surface area contributed by atoms with E-state index in [-0.39, 0.29) is 5.60 Å². The molecule has 4 nitrogen and oxygen atoms in total. The lowest BCUT2D eigenvalue weighted by Gasteiger charge is -2.35. The summed E-state index contributed by atoms with van der Waals surface area (Å²) in [6.07, 6.45) is 3.77. The lowest BCUT2D eigenvalue weighted by Crippen LogP contribution is -2.34. The van der Waals surface area contributed by atoms with E-state index >= 15 is 0 Å². The first-order valence-electron chi connectivity index (χ1n) is 4.84. The van der Waals surface area contributed by atoms with Gasteiger partial charge in [-0.3, -0.25) is 5.10 Å². The predicted molar refractivity (Wildman–Crippen MR) is 55.7 cm³/mol. The van der Waals surface area contributed by atoms with Gasteiger partial charge >= 0.3 is 0 Å². The zero-order valence-corrected chi connectivity index (χ0v) is 9.30. The molecule has 1 aromatic heterocycles. The highest BCUT2D eigenvalue weighted by atomic mass is 32.1. The van der Waals surface area contributed by atoms with Gasteiger partial charge in [0.1, 0.15) is 6.33 Å². The fourth-order valence-corrected chi connectivity index (χ4v) is 2.20. The maximum absolute atomic E-state index is 5.66. The summed E-state index contributed by atoms with van der Waals surface area (Å²) >= 11 is 5.15. The van der Waals surface area contributed by atoms with Gasteiger partial charge in [-0.2, -0.15) is 5.10 Å². The normalized spacial score (nSPS) is 26.3. The number of nitrogens with zero attached hydrogens (tertiary/aromatic N) is 2. The van der Waals surface area contributed by atoms with Crippen LogP contribution in [0.3, 0.4) is 0 Å². The lowest BCUT2D eigenvalue weighted by molar-refractivity contribution is -0.0693. The summed E-state index contributed by atoms with van der Waals surface area (Å²) < 4.78 is 8.38. The molecule has 5 heteroatoms. The van der Waals surface area contributed by atoms with Gasteiger partial charge in [-0.05, 0) is 38.9 Å². The highest BCUT2D eigenvalue weighted by Crippen LogP contribution is 2.31. The van der Waals surface area contributed by atoms with E-state index in [2.05, 4.69) is 24.0 Å². The van der Waals surface area contributed by atoms with Crippen molar-refractivity contribution in [3.05, 3.63) is 11.1 Å². The van der Waals surface area contributed by atoms with E-state index in [0.29, 0.717) is 10.8 Å². The van der Waals surface area contributed by atoms with Crippen molar-refractivity contribution in [3.63, 3.8) is 0 Å². The molecule has 2 rings (SSSR count). The van der Waals surface area contributed by atoms with Crippen molar-refractivity contribution in [1.82, 2.24) is 14.8 Å². The number of nitrogens with one attached hydrogen (secondary N) is 1. The number of H-pyrrole nitrogens is 1. The molecule has 1 atom stereocenters. The Kier molecular flexibility index (Phi) is 2.45. The third-order valence-electron chi connectivity index (χ3n) is 2.64. The minimum Gasteiger partial charge on any atom is -0.375 e. The number of hydrogen-bond acceptors (Lipinski definition) is 3. The van der Waals surface area contributed by atoms with E-state index in [1.165, 1.54) is 0 Å². The fourth-order valence-electron chi connectivity index (χ4n) is 1.95. The molecule has 2 heterocycles. The summed E-state index contributed by atoms with van der Waals surface area (Å²) in [6, 6.07) is 0.421. The van der Waals surface area contributed by atoms with Crippen molar-refractivity contribution in [1.29, 1.82) is 0 Å². The van der Waals surface area contributed by atoms with Crippen molar-refractivity contribution >= 4 is 12.2 Å². The molecule has 1 unspecified atom stereocenters. The van der Waals surface area contributed by atoms with E-state index in [1.807, 2.05) is 4.57 Å². The van der Waals surface area contributed by atoms with Crippen LogP contribution in [0.15, 0.2) is 6.33 Å². The Bertz CT molecular complexity index is 368. The summed E-state index contributed by atoms with van der Waals surface area (Å²) in [5, 5.41) is 6.72. The van der Waals surface area contributed by atoms with Crippen LogP contribution in [0.4, 0.5) is 0 Å². The van der Waals surface area contributed by atoms with E-state index in [0.717, 1.165) is 19.4 Å². The zero-order valence-electron chi connectivity index (χ0n) is 8.49. The van der Waals surface area contributed by atoms with Crippen LogP contribution in [0.1, 0.15) is 32.7 Å². The van der Waals surface area contributed by atoms with Crippen molar-refractivity contribution < 1.29 is 4.74 Å². The molecular formula is C9H15N3OS. The van der Waals surface area contributed by atoms with E-state index in [4.69, 9.17) is 17.0 Å². The smallest absolute Gasteiger partial charge is 0.195 e. The van der Waals surface area contributed by atoms with Crippen LogP contribution >= 0.6 is 12.2 Å². The van der Waals surface area contributed by atoms with E-state index in [1.54, 1.807) is 6.33 Å². The van der Waals surface area contributed by atoms with Crippen molar-refractivity contribution in [3.8, 4) is 0 Å². The van der Waals surface area contributed by atoms with Crippen LogP contribution in [0.2, 0.25) is 0 Å².